The molecule has 1 aromatic rings. The van der Waals surface area contributed by atoms with Gasteiger partial charge >= 0.3 is 0 Å². The molecular formula is C13H15BrN2O2. The van der Waals surface area contributed by atoms with E-state index < -0.39 is 0 Å². The SMILES string of the molecule is CC(C)N(CCC#N)C(=O)c1cc(Br)ccc1O. The van der Waals surface area contributed by atoms with Crippen LogP contribution >= 0.6 is 15.9 Å². The van der Waals surface area contributed by atoms with Crippen LogP contribution in [0.4, 0.5) is 0 Å². The van der Waals surface area contributed by atoms with Gasteiger partial charge in [0.25, 0.3) is 5.91 Å². The minimum absolute atomic E-state index is 0.0239. The number of nitriles is 1. The van der Waals surface area contributed by atoms with E-state index in [2.05, 4.69) is 15.9 Å². The molecule has 0 bridgehead atoms. The van der Waals surface area contributed by atoms with Gasteiger partial charge in [-0.3, -0.25) is 4.79 Å². The molecule has 0 saturated heterocycles. The van der Waals surface area contributed by atoms with Crippen molar-refractivity contribution >= 4 is 21.8 Å². The predicted molar refractivity (Wildman–Crippen MR) is 72.2 cm³/mol. The standard InChI is InChI=1S/C13H15BrN2O2/c1-9(2)16(7-3-6-15)13(18)11-8-10(14)4-5-12(11)17/h4-5,8-9,17H,3,7H2,1-2H3. The van der Waals surface area contributed by atoms with E-state index in [0.717, 1.165) is 4.47 Å². The lowest BCUT2D eigenvalue weighted by Gasteiger charge is -2.26. The van der Waals surface area contributed by atoms with E-state index in [-0.39, 0.29) is 29.7 Å². The summed E-state index contributed by atoms with van der Waals surface area (Å²) in [5.74, 6) is -0.315. The fourth-order valence-electron chi connectivity index (χ4n) is 1.60. The maximum Gasteiger partial charge on any atom is 0.257 e. The van der Waals surface area contributed by atoms with E-state index in [1.54, 1.807) is 17.0 Å². The minimum Gasteiger partial charge on any atom is -0.507 e. The Kier molecular flexibility index (Phi) is 5.17. The van der Waals surface area contributed by atoms with Crippen LogP contribution in [-0.2, 0) is 0 Å². The van der Waals surface area contributed by atoms with Crippen molar-refractivity contribution < 1.29 is 9.90 Å². The van der Waals surface area contributed by atoms with Crippen molar-refractivity contribution in [1.29, 1.82) is 5.26 Å². The molecule has 0 atom stereocenters. The number of halogens is 1. The van der Waals surface area contributed by atoms with Gasteiger partial charge in [-0.15, -0.1) is 0 Å². The maximum absolute atomic E-state index is 12.3. The first-order valence-corrected chi connectivity index (χ1v) is 6.43. The number of hydrogen-bond acceptors (Lipinski definition) is 3. The Hall–Kier alpha value is -1.54. The minimum atomic E-state index is -0.265. The summed E-state index contributed by atoms with van der Waals surface area (Å²) in [6.07, 6.45) is 0.276. The molecule has 1 aromatic carbocycles. The van der Waals surface area contributed by atoms with E-state index in [9.17, 15) is 9.90 Å². The van der Waals surface area contributed by atoms with Crippen molar-refractivity contribution in [3.63, 3.8) is 0 Å². The molecule has 0 aliphatic heterocycles. The van der Waals surface area contributed by atoms with Gasteiger partial charge < -0.3 is 10.0 Å². The molecule has 0 radical (unpaired) electrons. The average molecular weight is 311 g/mol. The van der Waals surface area contributed by atoms with Crippen LogP contribution in [0.5, 0.6) is 5.75 Å². The highest BCUT2D eigenvalue weighted by atomic mass is 79.9. The molecule has 5 heteroatoms. The van der Waals surface area contributed by atoms with Crippen LogP contribution in [0, 0.1) is 11.3 Å². The van der Waals surface area contributed by atoms with Gasteiger partial charge in [0.1, 0.15) is 5.75 Å². The second kappa shape index (κ2) is 6.41. The normalized spacial score (nSPS) is 10.2. The number of carbonyl (C=O) groups is 1. The predicted octanol–water partition coefficient (Wildman–Crippen LogP) is 2.92. The highest BCUT2D eigenvalue weighted by Gasteiger charge is 2.21. The summed E-state index contributed by atoms with van der Waals surface area (Å²) in [5, 5.41) is 18.3. The first kappa shape index (κ1) is 14.5. The maximum atomic E-state index is 12.3. The van der Waals surface area contributed by atoms with Crippen LogP contribution in [0.25, 0.3) is 0 Å². The summed E-state index contributed by atoms with van der Waals surface area (Å²) in [6.45, 7) is 4.12. The zero-order valence-electron chi connectivity index (χ0n) is 10.4. The van der Waals surface area contributed by atoms with Crippen LogP contribution in [0.2, 0.25) is 0 Å². The van der Waals surface area contributed by atoms with Crippen molar-refractivity contribution in [3.8, 4) is 11.8 Å². The molecule has 0 spiro atoms. The topological polar surface area (TPSA) is 64.3 Å². The van der Waals surface area contributed by atoms with Gasteiger partial charge in [-0.1, -0.05) is 15.9 Å². The van der Waals surface area contributed by atoms with Crippen LogP contribution < -0.4 is 0 Å². The highest BCUT2D eigenvalue weighted by Crippen LogP contribution is 2.24. The lowest BCUT2D eigenvalue weighted by molar-refractivity contribution is 0.0707. The van der Waals surface area contributed by atoms with Crippen molar-refractivity contribution in [3.05, 3.63) is 28.2 Å². The Bertz CT molecular complexity index is 480. The molecule has 0 saturated carbocycles. The zero-order valence-corrected chi connectivity index (χ0v) is 11.9. The van der Waals surface area contributed by atoms with Gasteiger partial charge in [0, 0.05) is 17.1 Å². The van der Waals surface area contributed by atoms with Crippen molar-refractivity contribution in [2.75, 3.05) is 6.54 Å². The molecule has 0 aliphatic carbocycles. The molecule has 1 amide bonds. The number of phenolic OH excluding ortho intramolecular Hbond substituents is 1. The van der Waals surface area contributed by atoms with Crippen LogP contribution in [0.15, 0.2) is 22.7 Å². The number of rotatable bonds is 4. The number of nitrogens with zero attached hydrogens (tertiary/aromatic N) is 2. The number of amides is 1. The first-order valence-electron chi connectivity index (χ1n) is 5.63. The van der Waals surface area contributed by atoms with Gasteiger partial charge in [-0.2, -0.15) is 5.26 Å². The molecule has 0 aliphatic rings. The van der Waals surface area contributed by atoms with Crippen LogP contribution in [0.3, 0.4) is 0 Å². The van der Waals surface area contributed by atoms with Crippen molar-refractivity contribution in [2.45, 2.75) is 26.3 Å². The second-order valence-corrected chi connectivity index (χ2v) is 5.08. The average Bonchev–Trinajstić information content (AvgIpc) is 2.32. The summed E-state index contributed by atoms with van der Waals surface area (Å²) in [6, 6.07) is 6.72. The highest BCUT2D eigenvalue weighted by molar-refractivity contribution is 9.10. The summed E-state index contributed by atoms with van der Waals surface area (Å²) in [7, 11) is 0. The molecule has 18 heavy (non-hydrogen) atoms. The Morgan fingerprint density at radius 2 is 2.22 bits per heavy atom. The Morgan fingerprint density at radius 3 is 2.78 bits per heavy atom. The monoisotopic (exact) mass is 310 g/mol. The zero-order chi connectivity index (χ0) is 13.7. The fourth-order valence-corrected chi connectivity index (χ4v) is 1.96. The van der Waals surface area contributed by atoms with Crippen LogP contribution in [0.1, 0.15) is 30.6 Å². The van der Waals surface area contributed by atoms with Crippen molar-refractivity contribution in [1.82, 2.24) is 4.90 Å². The van der Waals surface area contributed by atoms with Gasteiger partial charge in [-0.05, 0) is 32.0 Å². The van der Waals surface area contributed by atoms with E-state index in [1.165, 1.54) is 6.07 Å². The molecule has 0 fully saturated rings. The third kappa shape index (κ3) is 3.47. The third-order valence-corrected chi connectivity index (χ3v) is 3.03. The van der Waals surface area contributed by atoms with Gasteiger partial charge in [0.05, 0.1) is 18.1 Å². The third-order valence-electron chi connectivity index (χ3n) is 2.54. The summed E-state index contributed by atoms with van der Waals surface area (Å²) in [5.41, 5.74) is 0.246. The number of benzene rings is 1. The smallest absolute Gasteiger partial charge is 0.257 e. The number of carbonyl (C=O) groups excluding carboxylic acids is 1. The summed E-state index contributed by atoms with van der Waals surface area (Å²) in [4.78, 5) is 13.9. The van der Waals surface area contributed by atoms with Crippen molar-refractivity contribution in [2.24, 2.45) is 0 Å². The van der Waals surface area contributed by atoms with Crippen LogP contribution in [-0.4, -0.2) is 28.5 Å². The lowest BCUT2D eigenvalue weighted by Crippen LogP contribution is -2.37. The van der Waals surface area contributed by atoms with E-state index in [0.29, 0.717) is 6.54 Å². The van der Waals surface area contributed by atoms with E-state index >= 15 is 0 Å². The molecule has 1 rings (SSSR count). The lowest BCUT2D eigenvalue weighted by atomic mass is 10.1. The molecule has 4 nitrogen and oxygen atoms in total. The van der Waals surface area contributed by atoms with Gasteiger partial charge in [0.2, 0.25) is 0 Å². The summed E-state index contributed by atoms with van der Waals surface area (Å²) >= 11 is 3.27. The van der Waals surface area contributed by atoms with E-state index in [1.807, 2.05) is 19.9 Å². The number of phenols is 1. The number of aromatic hydroxyl groups is 1. The largest absolute Gasteiger partial charge is 0.507 e. The Labute approximate surface area is 115 Å². The first-order chi connectivity index (χ1) is 8.47. The molecule has 0 aromatic heterocycles. The second-order valence-electron chi connectivity index (χ2n) is 4.16. The molecule has 96 valence electrons. The molecular weight excluding hydrogens is 296 g/mol. The molecule has 1 N–H and O–H groups in total. The van der Waals surface area contributed by atoms with E-state index in [4.69, 9.17) is 5.26 Å². The molecule has 0 unspecified atom stereocenters. The van der Waals surface area contributed by atoms with Gasteiger partial charge in [-0.25, -0.2) is 0 Å². The Balaban J connectivity index is 3.02. The Morgan fingerprint density at radius 1 is 1.56 bits per heavy atom. The summed E-state index contributed by atoms with van der Waals surface area (Å²) < 4.78 is 0.729. The molecule has 0 heterocycles. The van der Waals surface area contributed by atoms with Gasteiger partial charge in [0.15, 0.2) is 0 Å². The number of hydrogen-bond donors (Lipinski definition) is 1. The fraction of sp³-hybridized carbons (Fsp3) is 0.385. The quantitative estimate of drug-likeness (QED) is 0.930.